The Bertz CT molecular complexity index is 912. The van der Waals surface area contributed by atoms with Crippen LogP contribution in [0, 0.1) is 0 Å². The highest BCUT2D eigenvalue weighted by atomic mass is 32.2. The number of hydrogen-bond donors (Lipinski definition) is 1. The number of carbonyl (C=O) groups is 4. The zero-order chi connectivity index (χ0) is 21.0. The number of nitrogens with two attached hydrogens (primary N) is 1. The monoisotopic (exact) mass is 412 g/mol. The second-order valence-electron chi connectivity index (χ2n) is 6.45. The van der Waals surface area contributed by atoms with E-state index in [1.807, 2.05) is 6.26 Å². The van der Waals surface area contributed by atoms with Crippen molar-refractivity contribution in [2.75, 3.05) is 12.0 Å². The summed E-state index contributed by atoms with van der Waals surface area (Å²) in [5.41, 5.74) is 6.33. The number of hydrogen-bond acceptors (Lipinski definition) is 6. The van der Waals surface area contributed by atoms with Crippen LogP contribution in [0.5, 0.6) is 0 Å². The van der Waals surface area contributed by atoms with Crippen molar-refractivity contribution in [3.8, 4) is 0 Å². The summed E-state index contributed by atoms with van der Waals surface area (Å²) in [5, 5.41) is 0. The molecule has 0 fully saturated rings. The maximum Gasteiger partial charge on any atom is 0.330 e. The summed E-state index contributed by atoms with van der Waals surface area (Å²) < 4.78 is 5.40. The van der Waals surface area contributed by atoms with E-state index in [0.29, 0.717) is 11.3 Å². The Kier molecular flexibility index (Phi) is 6.33. The highest BCUT2D eigenvalue weighted by molar-refractivity contribution is 7.98. The lowest BCUT2D eigenvalue weighted by molar-refractivity contribution is -0.159. The Morgan fingerprint density at radius 3 is 2.07 bits per heavy atom. The Hall–Kier alpha value is -3.13. The van der Waals surface area contributed by atoms with Gasteiger partial charge in [-0.15, -0.1) is 0 Å². The molecule has 0 aliphatic carbocycles. The first-order valence-electron chi connectivity index (χ1n) is 8.96. The van der Waals surface area contributed by atoms with E-state index in [4.69, 9.17) is 10.5 Å². The molecule has 29 heavy (non-hydrogen) atoms. The molecule has 8 heteroatoms. The molecule has 0 saturated heterocycles. The van der Waals surface area contributed by atoms with Crippen LogP contribution in [-0.2, 0) is 14.3 Å². The first-order valence-corrected chi connectivity index (χ1v) is 10.4. The summed E-state index contributed by atoms with van der Waals surface area (Å²) in [6.07, 6.45) is 0.739. The number of ether oxygens (including phenoxy) is 1. The summed E-state index contributed by atoms with van der Waals surface area (Å²) in [6.45, 7) is 0. The number of thioether (sulfide) groups is 1. The number of fused-ring (bicyclic) bond motifs is 1. The number of nitrogens with zero attached hydrogens (tertiary/aromatic N) is 1. The van der Waals surface area contributed by atoms with Gasteiger partial charge in [0.15, 0.2) is 0 Å². The SMILES string of the molecule is CSCCC(C(=O)OC(C(N)=O)c1ccccc1)N1C(=O)c2ccccc2C1=O. The van der Waals surface area contributed by atoms with E-state index in [2.05, 4.69) is 0 Å². The van der Waals surface area contributed by atoms with Gasteiger partial charge in [-0.3, -0.25) is 19.3 Å². The van der Waals surface area contributed by atoms with Crippen LogP contribution in [0.1, 0.15) is 38.8 Å². The zero-order valence-corrected chi connectivity index (χ0v) is 16.6. The molecule has 3 rings (SSSR count). The predicted octanol–water partition coefficient (Wildman–Crippen LogP) is 2.17. The first-order chi connectivity index (χ1) is 14.0. The smallest absolute Gasteiger partial charge is 0.330 e. The molecule has 150 valence electrons. The quantitative estimate of drug-likeness (QED) is 0.526. The van der Waals surface area contributed by atoms with Crippen molar-refractivity contribution < 1.29 is 23.9 Å². The van der Waals surface area contributed by atoms with Crippen LogP contribution in [0.4, 0.5) is 0 Å². The maximum absolute atomic E-state index is 13.0. The van der Waals surface area contributed by atoms with Gasteiger partial charge in [-0.2, -0.15) is 11.8 Å². The van der Waals surface area contributed by atoms with Gasteiger partial charge in [0.25, 0.3) is 17.7 Å². The molecule has 1 heterocycles. The Morgan fingerprint density at radius 2 is 1.55 bits per heavy atom. The van der Waals surface area contributed by atoms with Crippen molar-refractivity contribution in [3.63, 3.8) is 0 Å². The van der Waals surface area contributed by atoms with Crippen LogP contribution in [0.15, 0.2) is 54.6 Å². The van der Waals surface area contributed by atoms with Crippen LogP contribution in [-0.4, -0.2) is 46.6 Å². The number of rotatable bonds is 8. The van der Waals surface area contributed by atoms with Crippen molar-refractivity contribution in [3.05, 3.63) is 71.3 Å². The molecule has 0 spiro atoms. The average Bonchev–Trinajstić information content (AvgIpc) is 2.98. The molecule has 2 aromatic carbocycles. The standard InChI is InChI=1S/C21H20N2O5S/c1-29-12-11-16(23-19(25)14-9-5-6-10-15(14)20(23)26)21(27)28-17(18(22)24)13-7-3-2-4-8-13/h2-10,16-17H,11-12H2,1H3,(H2,22,24). The molecular weight excluding hydrogens is 392 g/mol. The molecule has 0 bridgehead atoms. The van der Waals surface area contributed by atoms with Crippen molar-refractivity contribution in [1.82, 2.24) is 4.90 Å². The van der Waals surface area contributed by atoms with E-state index >= 15 is 0 Å². The number of benzene rings is 2. The Labute approximate surface area is 172 Å². The van der Waals surface area contributed by atoms with Gasteiger partial charge in [-0.25, -0.2) is 4.79 Å². The van der Waals surface area contributed by atoms with E-state index in [-0.39, 0.29) is 17.5 Å². The van der Waals surface area contributed by atoms with Crippen LogP contribution >= 0.6 is 11.8 Å². The first kappa shape index (κ1) is 20.6. The highest BCUT2D eigenvalue weighted by Gasteiger charge is 2.43. The highest BCUT2D eigenvalue weighted by Crippen LogP contribution is 2.28. The molecule has 3 amide bonds. The predicted molar refractivity (Wildman–Crippen MR) is 108 cm³/mol. The zero-order valence-electron chi connectivity index (χ0n) is 15.7. The fourth-order valence-corrected chi connectivity index (χ4v) is 3.64. The summed E-state index contributed by atoms with van der Waals surface area (Å²) in [5.74, 6) is -2.27. The van der Waals surface area contributed by atoms with Crippen LogP contribution in [0.25, 0.3) is 0 Å². The van der Waals surface area contributed by atoms with E-state index in [0.717, 1.165) is 4.90 Å². The van der Waals surface area contributed by atoms with Gasteiger partial charge in [-0.05, 0) is 30.6 Å². The number of esters is 1. The molecule has 0 aromatic heterocycles. The minimum Gasteiger partial charge on any atom is -0.446 e. The largest absolute Gasteiger partial charge is 0.446 e. The molecular formula is C21H20N2O5S. The third-order valence-electron chi connectivity index (χ3n) is 4.60. The van der Waals surface area contributed by atoms with Gasteiger partial charge in [0, 0.05) is 5.56 Å². The molecule has 1 aliphatic heterocycles. The average molecular weight is 412 g/mol. The van der Waals surface area contributed by atoms with Gasteiger partial charge < -0.3 is 10.5 Å². The Balaban J connectivity index is 1.89. The van der Waals surface area contributed by atoms with Crippen molar-refractivity contribution in [1.29, 1.82) is 0 Å². The second kappa shape index (κ2) is 8.91. The molecule has 2 atom stereocenters. The topological polar surface area (TPSA) is 107 Å². The van der Waals surface area contributed by atoms with Crippen molar-refractivity contribution >= 4 is 35.5 Å². The van der Waals surface area contributed by atoms with E-state index in [9.17, 15) is 19.2 Å². The van der Waals surface area contributed by atoms with Crippen LogP contribution < -0.4 is 5.73 Å². The number of imide groups is 1. The minimum absolute atomic E-state index is 0.200. The van der Waals surface area contributed by atoms with Gasteiger partial charge in [-0.1, -0.05) is 42.5 Å². The fourth-order valence-electron chi connectivity index (χ4n) is 3.19. The van der Waals surface area contributed by atoms with E-state index < -0.39 is 35.8 Å². The van der Waals surface area contributed by atoms with Gasteiger partial charge >= 0.3 is 5.97 Å². The van der Waals surface area contributed by atoms with Gasteiger partial charge in [0.05, 0.1) is 11.1 Å². The molecule has 2 unspecified atom stereocenters. The van der Waals surface area contributed by atoms with Crippen molar-refractivity contribution in [2.24, 2.45) is 5.73 Å². The van der Waals surface area contributed by atoms with Crippen LogP contribution in [0.3, 0.4) is 0 Å². The fraction of sp³-hybridized carbons (Fsp3) is 0.238. The summed E-state index contributed by atoms with van der Waals surface area (Å²) in [7, 11) is 0. The van der Waals surface area contributed by atoms with E-state index in [1.54, 1.807) is 54.6 Å². The van der Waals surface area contributed by atoms with E-state index in [1.165, 1.54) is 11.8 Å². The van der Waals surface area contributed by atoms with Gasteiger partial charge in [0.2, 0.25) is 6.10 Å². The lowest BCUT2D eigenvalue weighted by Crippen LogP contribution is -2.47. The Morgan fingerprint density at radius 1 is 1.00 bits per heavy atom. The van der Waals surface area contributed by atoms with Crippen LogP contribution in [0.2, 0.25) is 0 Å². The lowest BCUT2D eigenvalue weighted by Gasteiger charge is -2.26. The summed E-state index contributed by atoms with van der Waals surface area (Å²) in [4.78, 5) is 51.4. The third kappa shape index (κ3) is 4.17. The molecule has 0 radical (unpaired) electrons. The molecule has 0 saturated carbocycles. The minimum atomic E-state index is -1.31. The normalized spacial score (nSPS) is 15.0. The molecule has 2 aromatic rings. The summed E-state index contributed by atoms with van der Waals surface area (Å²) >= 11 is 1.47. The molecule has 2 N–H and O–H groups in total. The number of primary amides is 1. The number of carbonyl (C=O) groups excluding carboxylic acids is 4. The van der Waals surface area contributed by atoms with Gasteiger partial charge in [0.1, 0.15) is 6.04 Å². The summed E-state index contributed by atoms with van der Waals surface area (Å²) in [6, 6.07) is 13.6. The van der Waals surface area contributed by atoms with Crippen molar-refractivity contribution in [2.45, 2.75) is 18.6 Å². The molecule has 1 aliphatic rings. The third-order valence-corrected chi connectivity index (χ3v) is 5.24. The second-order valence-corrected chi connectivity index (χ2v) is 7.44. The molecule has 7 nitrogen and oxygen atoms in total. The lowest BCUT2D eigenvalue weighted by atomic mass is 10.1. The number of amides is 3. The maximum atomic E-state index is 13.0.